The van der Waals surface area contributed by atoms with Gasteiger partial charge in [0.2, 0.25) is 5.91 Å². The van der Waals surface area contributed by atoms with Crippen molar-refractivity contribution in [2.45, 2.75) is 51.4 Å². The molecular weight excluding hydrogens is 380 g/mol. The molecule has 0 spiro atoms. The second kappa shape index (κ2) is 7.71. The number of anilines is 1. The smallest absolute Gasteiger partial charge is 0.338 e. The van der Waals surface area contributed by atoms with E-state index in [9.17, 15) is 14.4 Å². The van der Waals surface area contributed by atoms with Gasteiger partial charge in [-0.2, -0.15) is 0 Å². The Kier molecular flexibility index (Phi) is 5.03. The molecule has 0 aromatic heterocycles. The molecule has 1 saturated heterocycles. The number of rotatable bonds is 5. The topological polar surface area (TPSA) is 75.7 Å². The standard InChI is InChI=1S/C24H30N2O4/c27-21(26-7-1-2-8-26)15-30-22(28)19-3-5-20(6-4-19)25-23(29)24-12-16-9-17(13-24)11-18(10-16)14-24/h3-6,16-18H,1-2,7-15H2,(H,25,29). The van der Waals surface area contributed by atoms with Crippen molar-refractivity contribution >= 4 is 23.5 Å². The van der Waals surface area contributed by atoms with Gasteiger partial charge in [0.1, 0.15) is 0 Å². The minimum atomic E-state index is -0.512. The van der Waals surface area contributed by atoms with Crippen molar-refractivity contribution in [1.29, 1.82) is 0 Å². The molecule has 4 bridgehead atoms. The van der Waals surface area contributed by atoms with E-state index in [0.717, 1.165) is 62.9 Å². The fourth-order valence-corrected chi connectivity index (χ4v) is 6.61. The maximum atomic E-state index is 13.1. The fraction of sp³-hybridized carbons (Fsp3) is 0.625. The highest BCUT2D eigenvalue weighted by molar-refractivity contribution is 5.96. The Labute approximate surface area is 177 Å². The molecule has 30 heavy (non-hydrogen) atoms. The number of esters is 1. The van der Waals surface area contributed by atoms with E-state index in [1.807, 2.05) is 0 Å². The predicted octanol–water partition coefficient (Wildman–Crippen LogP) is 3.62. The van der Waals surface area contributed by atoms with Crippen molar-refractivity contribution < 1.29 is 19.1 Å². The number of ether oxygens (including phenoxy) is 1. The minimum Gasteiger partial charge on any atom is -0.452 e. The maximum absolute atomic E-state index is 13.1. The average molecular weight is 411 g/mol. The van der Waals surface area contributed by atoms with E-state index < -0.39 is 5.97 Å². The first kappa shape index (κ1) is 19.6. The molecule has 0 unspecified atom stereocenters. The Morgan fingerprint density at radius 2 is 1.50 bits per heavy atom. The zero-order valence-electron chi connectivity index (χ0n) is 17.4. The lowest BCUT2D eigenvalue weighted by Gasteiger charge is -2.55. The number of amides is 2. The molecule has 160 valence electrons. The molecule has 0 radical (unpaired) electrons. The lowest BCUT2D eigenvalue weighted by Crippen LogP contribution is -2.51. The van der Waals surface area contributed by atoms with Crippen molar-refractivity contribution in [2.75, 3.05) is 25.0 Å². The summed E-state index contributed by atoms with van der Waals surface area (Å²) in [5.41, 5.74) is 0.903. The summed E-state index contributed by atoms with van der Waals surface area (Å²) in [4.78, 5) is 39.1. The number of carbonyl (C=O) groups excluding carboxylic acids is 3. The molecular formula is C24H30N2O4. The predicted molar refractivity (Wildman–Crippen MR) is 112 cm³/mol. The summed E-state index contributed by atoms with van der Waals surface area (Å²) in [6.45, 7) is 1.27. The van der Waals surface area contributed by atoms with Crippen LogP contribution in [0.25, 0.3) is 0 Å². The zero-order valence-corrected chi connectivity index (χ0v) is 17.4. The summed E-state index contributed by atoms with van der Waals surface area (Å²) in [5, 5.41) is 3.10. The first-order valence-electron chi connectivity index (χ1n) is 11.4. The molecule has 6 rings (SSSR count). The van der Waals surface area contributed by atoms with Gasteiger partial charge in [0, 0.05) is 18.8 Å². The lowest BCUT2D eigenvalue weighted by atomic mass is 9.49. The number of hydrogen-bond acceptors (Lipinski definition) is 4. The van der Waals surface area contributed by atoms with Crippen LogP contribution in [0.2, 0.25) is 0 Å². The summed E-state index contributed by atoms with van der Waals surface area (Å²) in [5.74, 6) is 1.67. The number of nitrogens with one attached hydrogen (secondary N) is 1. The van der Waals surface area contributed by atoms with E-state index in [-0.39, 0.29) is 23.8 Å². The first-order chi connectivity index (χ1) is 14.5. The second-order valence-corrected chi connectivity index (χ2v) is 9.89. The van der Waals surface area contributed by atoms with Crippen molar-refractivity contribution in [3.63, 3.8) is 0 Å². The highest BCUT2D eigenvalue weighted by atomic mass is 16.5. The normalized spacial score (nSPS) is 31.6. The molecule has 1 aliphatic heterocycles. The summed E-state index contributed by atoms with van der Waals surface area (Å²) in [6.07, 6.45) is 9.03. The summed E-state index contributed by atoms with van der Waals surface area (Å²) in [7, 11) is 0. The van der Waals surface area contributed by atoms with Gasteiger partial charge in [0.05, 0.1) is 11.0 Å². The summed E-state index contributed by atoms with van der Waals surface area (Å²) >= 11 is 0. The third kappa shape index (κ3) is 3.72. The third-order valence-corrected chi connectivity index (χ3v) is 7.68. The second-order valence-electron chi connectivity index (χ2n) is 9.89. The van der Waals surface area contributed by atoms with Gasteiger partial charge in [-0.1, -0.05) is 0 Å². The zero-order chi connectivity index (χ0) is 20.7. The van der Waals surface area contributed by atoms with Gasteiger partial charge < -0.3 is 15.0 Å². The molecule has 5 fully saturated rings. The monoisotopic (exact) mass is 410 g/mol. The molecule has 1 aromatic rings. The molecule has 0 atom stereocenters. The quantitative estimate of drug-likeness (QED) is 0.753. The molecule has 1 heterocycles. The van der Waals surface area contributed by atoms with Gasteiger partial charge in [0.15, 0.2) is 6.61 Å². The Morgan fingerprint density at radius 3 is 2.07 bits per heavy atom. The molecule has 6 heteroatoms. The number of benzene rings is 1. The molecule has 4 aliphatic carbocycles. The largest absolute Gasteiger partial charge is 0.452 e. The van der Waals surface area contributed by atoms with Crippen LogP contribution in [0.5, 0.6) is 0 Å². The molecule has 2 amide bonds. The van der Waals surface area contributed by atoms with Crippen LogP contribution in [-0.4, -0.2) is 42.4 Å². The average Bonchev–Trinajstić information content (AvgIpc) is 3.26. The highest BCUT2D eigenvalue weighted by Gasteiger charge is 2.54. The number of nitrogens with zero attached hydrogens (tertiary/aromatic N) is 1. The lowest BCUT2D eigenvalue weighted by molar-refractivity contribution is -0.140. The van der Waals surface area contributed by atoms with Gasteiger partial charge in [-0.3, -0.25) is 9.59 Å². The van der Waals surface area contributed by atoms with Gasteiger partial charge in [-0.15, -0.1) is 0 Å². The van der Waals surface area contributed by atoms with E-state index in [1.54, 1.807) is 29.2 Å². The van der Waals surface area contributed by atoms with Gasteiger partial charge in [-0.25, -0.2) is 4.79 Å². The molecule has 6 nitrogen and oxygen atoms in total. The van der Waals surface area contributed by atoms with Crippen LogP contribution in [0.1, 0.15) is 61.7 Å². The van der Waals surface area contributed by atoms with Gasteiger partial charge in [-0.05, 0) is 93.4 Å². The Hall–Kier alpha value is -2.37. The third-order valence-electron chi connectivity index (χ3n) is 7.68. The van der Waals surface area contributed by atoms with E-state index in [0.29, 0.717) is 11.3 Å². The van der Waals surface area contributed by atoms with Crippen LogP contribution >= 0.6 is 0 Å². The van der Waals surface area contributed by atoms with E-state index in [2.05, 4.69) is 5.32 Å². The van der Waals surface area contributed by atoms with Gasteiger partial charge >= 0.3 is 5.97 Å². The minimum absolute atomic E-state index is 0.139. The van der Waals surface area contributed by atoms with Crippen LogP contribution in [0.4, 0.5) is 5.69 Å². The van der Waals surface area contributed by atoms with Crippen LogP contribution in [0, 0.1) is 23.2 Å². The van der Waals surface area contributed by atoms with Crippen molar-refractivity contribution in [1.82, 2.24) is 4.90 Å². The Bertz CT molecular complexity index is 806. The molecule has 4 saturated carbocycles. The Morgan fingerprint density at radius 1 is 0.933 bits per heavy atom. The molecule has 5 aliphatic rings. The number of carbonyl (C=O) groups is 3. The van der Waals surface area contributed by atoms with Crippen LogP contribution < -0.4 is 5.32 Å². The van der Waals surface area contributed by atoms with E-state index in [4.69, 9.17) is 4.74 Å². The van der Waals surface area contributed by atoms with E-state index >= 15 is 0 Å². The number of hydrogen-bond donors (Lipinski definition) is 1. The van der Waals surface area contributed by atoms with Crippen molar-refractivity contribution in [3.05, 3.63) is 29.8 Å². The highest BCUT2D eigenvalue weighted by Crippen LogP contribution is 2.60. The van der Waals surface area contributed by atoms with Crippen LogP contribution in [0.3, 0.4) is 0 Å². The maximum Gasteiger partial charge on any atom is 0.338 e. The van der Waals surface area contributed by atoms with Crippen molar-refractivity contribution in [3.8, 4) is 0 Å². The Balaban J connectivity index is 1.17. The summed E-state index contributed by atoms with van der Waals surface area (Å²) in [6, 6.07) is 6.80. The first-order valence-corrected chi connectivity index (χ1v) is 11.4. The van der Waals surface area contributed by atoms with Crippen LogP contribution in [-0.2, 0) is 14.3 Å². The van der Waals surface area contributed by atoms with Crippen LogP contribution in [0.15, 0.2) is 24.3 Å². The summed E-state index contributed by atoms with van der Waals surface area (Å²) < 4.78 is 5.17. The van der Waals surface area contributed by atoms with Gasteiger partial charge in [0.25, 0.3) is 5.91 Å². The fourth-order valence-electron chi connectivity index (χ4n) is 6.61. The SMILES string of the molecule is O=C(OCC(=O)N1CCCC1)c1ccc(NC(=O)C23CC4CC(CC(C4)C2)C3)cc1. The molecule has 1 N–H and O–H groups in total. The molecule has 1 aromatic carbocycles. The number of likely N-dealkylation sites (tertiary alicyclic amines) is 1. The van der Waals surface area contributed by atoms with Crippen molar-refractivity contribution in [2.24, 2.45) is 23.2 Å². The van der Waals surface area contributed by atoms with E-state index in [1.165, 1.54) is 19.3 Å².